The second-order valence-electron chi connectivity index (χ2n) is 8.99. The Morgan fingerprint density at radius 3 is 2.60 bits per heavy atom. The molecule has 5 heteroatoms. The third-order valence-electron chi connectivity index (χ3n) is 6.88. The van der Waals surface area contributed by atoms with Crippen LogP contribution in [0, 0.1) is 22.7 Å². The highest BCUT2D eigenvalue weighted by Gasteiger charge is 2.56. The van der Waals surface area contributed by atoms with E-state index >= 15 is 0 Å². The number of ether oxygens (including phenoxy) is 1. The monoisotopic (exact) mass is 350 g/mol. The molecule has 0 aromatic rings. The van der Waals surface area contributed by atoms with Crippen LogP contribution in [0.15, 0.2) is 23.8 Å². The first-order valence-electron chi connectivity index (χ1n) is 9.20. The Morgan fingerprint density at radius 2 is 2.00 bits per heavy atom. The van der Waals surface area contributed by atoms with Crippen molar-refractivity contribution < 1.29 is 24.9 Å². The molecule has 3 aliphatic rings. The molecule has 0 aromatic carbocycles. The quantitative estimate of drug-likeness (QED) is 0.537. The molecule has 0 saturated heterocycles. The minimum Gasteiger partial charge on any atom is -0.429 e. The summed E-state index contributed by atoms with van der Waals surface area (Å²) in [4.78, 5) is 11.3. The summed E-state index contributed by atoms with van der Waals surface area (Å²) in [5.74, 6) is -0.460. The minimum absolute atomic E-state index is 0.0271. The molecule has 6 atom stereocenters. The van der Waals surface area contributed by atoms with Crippen LogP contribution in [0.2, 0.25) is 0 Å². The van der Waals surface area contributed by atoms with E-state index in [1.54, 1.807) is 0 Å². The van der Waals surface area contributed by atoms with Gasteiger partial charge in [0.1, 0.15) is 0 Å². The van der Waals surface area contributed by atoms with Crippen LogP contribution < -0.4 is 0 Å². The molecule has 3 rings (SSSR count). The first-order chi connectivity index (χ1) is 11.6. The number of rotatable bonds is 3. The summed E-state index contributed by atoms with van der Waals surface area (Å²) in [7, 11) is 0. The highest BCUT2D eigenvalue weighted by molar-refractivity contribution is 5.85. The lowest BCUT2D eigenvalue weighted by atomic mass is 9.46. The van der Waals surface area contributed by atoms with Crippen LogP contribution in [-0.4, -0.2) is 39.8 Å². The minimum atomic E-state index is -1.36. The van der Waals surface area contributed by atoms with Crippen molar-refractivity contribution in [2.24, 2.45) is 22.7 Å². The molecular weight excluding hydrogens is 320 g/mol. The average molecular weight is 350 g/mol. The van der Waals surface area contributed by atoms with Gasteiger partial charge in [-0.05, 0) is 48.3 Å². The number of cyclic esters (lactones) is 1. The van der Waals surface area contributed by atoms with Gasteiger partial charge in [0, 0.05) is 11.6 Å². The van der Waals surface area contributed by atoms with E-state index in [0.29, 0.717) is 12.8 Å². The maximum absolute atomic E-state index is 11.3. The zero-order chi connectivity index (χ0) is 18.6. The molecular formula is C20H30O5. The zero-order valence-corrected chi connectivity index (χ0v) is 15.4. The molecule has 1 heterocycles. The van der Waals surface area contributed by atoms with E-state index in [2.05, 4.69) is 27.4 Å². The SMILES string of the molecule is C=C1C[C@@H](O)[C@H]2C(C)(C)CCC[C@]2(C)[C@H]1C[C@H](O)C1=CC(=O)OC1O. The molecule has 2 saturated carbocycles. The van der Waals surface area contributed by atoms with Gasteiger partial charge in [-0.2, -0.15) is 0 Å². The van der Waals surface area contributed by atoms with Crippen molar-refractivity contribution in [3.8, 4) is 0 Å². The standard InChI is InChI=1S/C20H30O5/c1-11-8-15(22)17-19(2,3)6-5-7-20(17,4)13(11)10-14(21)12-9-16(23)25-18(12)24/h9,13-15,17-18,21-22,24H,1,5-8,10H2,2-4H3/t13-,14-,15+,17-,18?,20+/m0/s1. The Hall–Kier alpha value is -1.17. The second-order valence-corrected chi connectivity index (χ2v) is 8.99. The van der Waals surface area contributed by atoms with E-state index in [1.807, 2.05) is 0 Å². The number of hydrogen-bond acceptors (Lipinski definition) is 5. The van der Waals surface area contributed by atoms with Crippen LogP contribution in [0.3, 0.4) is 0 Å². The van der Waals surface area contributed by atoms with Crippen molar-refractivity contribution in [3.63, 3.8) is 0 Å². The molecule has 0 radical (unpaired) electrons. The molecule has 0 bridgehead atoms. The third-order valence-corrected chi connectivity index (χ3v) is 6.88. The van der Waals surface area contributed by atoms with Crippen LogP contribution in [0.4, 0.5) is 0 Å². The molecule has 2 aliphatic carbocycles. The fraction of sp³-hybridized carbons (Fsp3) is 0.750. The Morgan fingerprint density at radius 1 is 1.32 bits per heavy atom. The third kappa shape index (κ3) is 3.07. The van der Waals surface area contributed by atoms with Gasteiger partial charge < -0.3 is 20.1 Å². The summed E-state index contributed by atoms with van der Waals surface area (Å²) in [6.45, 7) is 10.8. The van der Waals surface area contributed by atoms with Gasteiger partial charge in [-0.3, -0.25) is 0 Å². The topological polar surface area (TPSA) is 87.0 Å². The van der Waals surface area contributed by atoms with Crippen molar-refractivity contribution >= 4 is 5.97 Å². The number of esters is 1. The van der Waals surface area contributed by atoms with Crippen molar-refractivity contribution in [2.75, 3.05) is 0 Å². The summed E-state index contributed by atoms with van der Waals surface area (Å²) in [5.41, 5.74) is 1.04. The molecule has 1 unspecified atom stereocenters. The fourth-order valence-electron chi connectivity index (χ4n) is 5.95. The van der Waals surface area contributed by atoms with Gasteiger partial charge in [-0.1, -0.05) is 39.3 Å². The predicted molar refractivity (Wildman–Crippen MR) is 93.3 cm³/mol. The predicted octanol–water partition coefficient (Wildman–Crippen LogP) is 2.31. The van der Waals surface area contributed by atoms with Crippen molar-refractivity contribution in [2.45, 2.75) is 71.4 Å². The zero-order valence-electron chi connectivity index (χ0n) is 15.4. The maximum atomic E-state index is 11.3. The molecule has 2 fully saturated rings. The van der Waals surface area contributed by atoms with E-state index in [0.717, 1.165) is 24.8 Å². The number of aliphatic hydroxyl groups excluding tert-OH is 3. The molecule has 0 amide bonds. The Labute approximate surface area is 149 Å². The number of carbonyl (C=O) groups excluding carboxylic acids is 1. The van der Waals surface area contributed by atoms with Crippen molar-refractivity contribution in [3.05, 3.63) is 23.8 Å². The molecule has 1 aliphatic heterocycles. The second kappa shape index (κ2) is 6.22. The highest BCUT2D eigenvalue weighted by atomic mass is 16.6. The number of carbonyl (C=O) groups is 1. The first-order valence-corrected chi connectivity index (χ1v) is 9.20. The van der Waals surface area contributed by atoms with Gasteiger partial charge in [-0.25, -0.2) is 4.79 Å². The lowest BCUT2D eigenvalue weighted by Gasteiger charge is -2.59. The summed E-state index contributed by atoms with van der Waals surface area (Å²) in [5, 5.41) is 31.2. The maximum Gasteiger partial charge on any atom is 0.333 e. The molecule has 0 spiro atoms. The Bertz CT molecular complexity index is 607. The summed E-state index contributed by atoms with van der Waals surface area (Å²) in [6, 6.07) is 0. The van der Waals surface area contributed by atoms with Crippen LogP contribution in [0.25, 0.3) is 0 Å². The van der Waals surface area contributed by atoms with Crippen molar-refractivity contribution in [1.82, 2.24) is 0 Å². The number of hydrogen-bond donors (Lipinski definition) is 3. The van der Waals surface area contributed by atoms with Gasteiger partial charge >= 0.3 is 5.97 Å². The Balaban J connectivity index is 1.88. The smallest absolute Gasteiger partial charge is 0.333 e. The van der Waals surface area contributed by atoms with Crippen LogP contribution in [0.5, 0.6) is 0 Å². The van der Waals surface area contributed by atoms with E-state index < -0.39 is 24.5 Å². The largest absolute Gasteiger partial charge is 0.429 e. The number of fused-ring (bicyclic) bond motifs is 1. The lowest BCUT2D eigenvalue weighted by molar-refractivity contribution is -0.152. The van der Waals surface area contributed by atoms with Gasteiger partial charge in [0.05, 0.1) is 12.2 Å². The fourth-order valence-corrected chi connectivity index (χ4v) is 5.95. The average Bonchev–Trinajstić information content (AvgIpc) is 2.80. The van der Waals surface area contributed by atoms with E-state index in [9.17, 15) is 20.1 Å². The van der Waals surface area contributed by atoms with Gasteiger partial charge in [0.25, 0.3) is 0 Å². The van der Waals surface area contributed by atoms with Crippen molar-refractivity contribution in [1.29, 1.82) is 0 Å². The first kappa shape index (κ1) is 18.6. The highest BCUT2D eigenvalue weighted by Crippen LogP contribution is 2.61. The normalized spacial score (nSPS) is 41.8. The molecule has 3 N–H and O–H groups in total. The number of aliphatic hydroxyl groups is 3. The van der Waals surface area contributed by atoms with E-state index in [-0.39, 0.29) is 28.2 Å². The van der Waals surface area contributed by atoms with Crippen LogP contribution >= 0.6 is 0 Å². The molecule has 5 nitrogen and oxygen atoms in total. The lowest BCUT2D eigenvalue weighted by Crippen LogP contribution is -2.56. The molecule has 25 heavy (non-hydrogen) atoms. The van der Waals surface area contributed by atoms with Gasteiger partial charge in [0.15, 0.2) is 0 Å². The van der Waals surface area contributed by atoms with Gasteiger partial charge in [-0.15, -0.1) is 0 Å². The van der Waals surface area contributed by atoms with E-state index in [4.69, 9.17) is 4.74 Å². The van der Waals surface area contributed by atoms with Gasteiger partial charge in [0.2, 0.25) is 6.29 Å². The molecule has 0 aromatic heterocycles. The van der Waals surface area contributed by atoms with E-state index in [1.165, 1.54) is 6.08 Å². The Kier molecular flexibility index (Phi) is 4.63. The summed E-state index contributed by atoms with van der Waals surface area (Å²) < 4.78 is 4.69. The van der Waals surface area contributed by atoms with Crippen LogP contribution in [0.1, 0.15) is 52.9 Å². The summed E-state index contributed by atoms with van der Waals surface area (Å²) >= 11 is 0. The van der Waals surface area contributed by atoms with Crippen LogP contribution in [-0.2, 0) is 9.53 Å². The molecule has 140 valence electrons. The summed E-state index contributed by atoms with van der Waals surface area (Å²) in [6.07, 6.45) is 2.51.